The second-order valence-electron chi connectivity index (χ2n) is 11.4. The van der Waals surface area contributed by atoms with Crippen molar-refractivity contribution in [3.05, 3.63) is 112 Å². The van der Waals surface area contributed by atoms with Crippen molar-refractivity contribution in [2.24, 2.45) is 0 Å². The SMILES string of the molecule is CC(C)(O)c1cnc(/C(=C/c2cccc(-c3cc(C(C)(C)C#N)cc4cccnc34)c2)c2ccc(S(C)(=O)=O)cc2)s1. The van der Waals surface area contributed by atoms with Crippen molar-refractivity contribution in [3.63, 3.8) is 0 Å². The first kappa shape index (κ1) is 29.3. The number of aliphatic hydroxyl groups is 1. The van der Waals surface area contributed by atoms with Crippen molar-refractivity contribution in [2.75, 3.05) is 6.26 Å². The lowest BCUT2D eigenvalue weighted by molar-refractivity contribution is 0.0823. The fourth-order valence-electron chi connectivity index (χ4n) is 4.63. The Kier molecular flexibility index (Phi) is 7.62. The number of hydrogen-bond acceptors (Lipinski definition) is 7. The van der Waals surface area contributed by atoms with Crippen molar-refractivity contribution in [2.45, 2.75) is 43.6 Å². The summed E-state index contributed by atoms with van der Waals surface area (Å²) >= 11 is 1.39. The predicted molar refractivity (Wildman–Crippen MR) is 170 cm³/mol. The maximum atomic E-state index is 12.1. The molecule has 5 rings (SSSR count). The van der Waals surface area contributed by atoms with E-state index < -0.39 is 20.9 Å². The Hall–Kier alpha value is -4.16. The van der Waals surface area contributed by atoms with E-state index in [0.717, 1.165) is 49.2 Å². The Morgan fingerprint density at radius 3 is 2.36 bits per heavy atom. The maximum absolute atomic E-state index is 12.1. The van der Waals surface area contributed by atoms with Crippen molar-refractivity contribution in [1.29, 1.82) is 5.26 Å². The van der Waals surface area contributed by atoms with Crippen LogP contribution in [0.15, 0.2) is 90.1 Å². The molecule has 1 N–H and O–H groups in total. The summed E-state index contributed by atoms with van der Waals surface area (Å²) in [5.41, 5.74) is 4.43. The van der Waals surface area contributed by atoms with E-state index in [2.05, 4.69) is 22.1 Å². The maximum Gasteiger partial charge on any atom is 0.175 e. The highest BCUT2D eigenvalue weighted by Crippen LogP contribution is 2.36. The molecule has 0 unspecified atom stereocenters. The lowest BCUT2D eigenvalue weighted by atomic mass is 9.83. The molecule has 3 aromatic carbocycles. The van der Waals surface area contributed by atoms with E-state index in [-0.39, 0.29) is 4.90 Å². The highest BCUT2D eigenvalue weighted by molar-refractivity contribution is 7.90. The summed E-state index contributed by atoms with van der Waals surface area (Å²) in [5, 5.41) is 22.1. The van der Waals surface area contributed by atoms with Crippen LogP contribution in [0.2, 0.25) is 0 Å². The molecular weight excluding hydrogens is 563 g/mol. The number of pyridine rings is 1. The number of nitrogens with zero attached hydrogens (tertiary/aromatic N) is 3. The van der Waals surface area contributed by atoms with E-state index >= 15 is 0 Å². The number of fused-ring (bicyclic) bond motifs is 1. The van der Waals surface area contributed by atoms with E-state index in [0.29, 0.717) is 5.01 Å². The lowest BCUT2D eigenvalue weighted by Gasteiger charge is -2.19. The van der Waals surface area contributed by atoms with Gasteiger partial charge < -0.3 is 5.11 Å². The van der Waals surface area contributed by atoms with E-state index in [4.69, 9.17) is 0 Å². The molecule has 0 bridgehead atoms. The van der Waals surface area contributed by atoms with Crippen molar-refractivity contribution < 1.29 is 13.5 Å². The Morgan fingerprint density at radius 1 is 0.976 bits per heavy atom. The van der Waals surface area contributed by atoms with Crippen LogP contribution in [0.3, 0.4) is 0 Å². The second kappa shape index (κ2) is 10.9. The molecule has 0 aliphatic rings. The summed E-state index contributed by atoms with van der Waals surface area (Å²) in [4.78, 5) is 10.3. The molecule has 0 fully saturated rings. The molecule has 0 amide bonds. The monoisotopic (exact) mass is 593 g/mol. The fraction of sp³-hybridized carbons (Fsp3) is 0.206. The number of sulfone groups is 1. The minimum Gasteiger partial charge on any atom is -0.385 e. The Morgan fingerprint density at radius 2 is 1.71 bits per heavy atom. The normalized spacial score (nSPS) is 12.8. The highest BCUT2D eigenvalue weighted by Gasteiger charge is 2.23. The topological polar surface area (TPSA) is 104 Å². The van der Waals surface area contributed by atoms with Gasteiger partial charge in [-0.25, -0.2) is 13.4 Å². The minimum atomic E-state index is -3.35. The van der Waals surface area contributed by atoms with E-state index in [1.165, 1.54) is 17.6 Å². The van der Waals surface area contributed by atoms with Gasteiger partial charge in [-0.05, 0) is 92.4 Å². The minimum absolute atomic E-state index is 0.239. The van der Waals surface area contributed by atoms with Crippen LogP contribution in [0.25, 0.3) is 33.7 Å². The molecule has 2 heterocycles. The van der Waals surface area contributed by atoms with Gasteiger partial charge in [-0.3, -0.25) is 4.98 Å². The van der Waals surface area contributed by atoms with Crippen LogP contribution in [-0.4, -0.2) is 29.7 Å². The smallest absolute Gasteiger partial charge is 0.175 e. The quantitative estimate of drug-likeness (QED) is 0.198. The van der Waals surface area contributed by atoms with Gasteiger partial charge in [-0.2, -0.15) is 5.26 Å². The van der Waals surface area contributed by atoms with Gasteiger partial charge >= 0.3 is 0 Å². The number of thiazole rings is 1. The van der Waals surface area contributed by atoms with Crippen molar-refractivity contribution >= 4 is 43.7 Å². The zero-order chi connectivity index (χ0) is 30.3. The van der Waals surface area contributed by atoms with Gasteiger partial charge in [0.25, 0.3) is 0 Å². The molecule has 5 aromatic rings. The molecule has 0 saturated heterocycles. The van der Waals surface area contributed by atoms with Gasteiger partial charge in [0.1, 0.15) is 5.01 Å². The first-order valence-corrected chi connectivity index (χ1v) is 16.1. The average Bonchev–Trinajstić information content (AvgIpc) is 3.46. The van der Waals surface area contributed by atoms with Crippen LogP contribution in [-0.2, 0) is 20.9 Å². The van der Waals surface area contributed by atoms with E-state index in [1.807, 2.05) is 62.4 Å². The second-order valence-corrected chi connectivity index (χ2v) is 14.5. The third kappa shape index (κ3) is 6.04. The van der Waals surface area contributed by atoms with Crippen LogP contribution >= 0.6 is 11.3 Å². The van der Waals surface area contributed by atoms with Crippen LogP contribution in [0.1, 0.15) is 54.3 Å². The molecule has 0 aliphatic heterocycles. The number of nitriles is 1. The third-order valence-electron chi connectivity index (χ3n) is 7.15. The van der Waals surface area contributed by atoms with Gasteiger partial charge in [0.15, 0.2) is 9.84 Å². The Labute approximate surface area is 250 Å². The molecule has 212 valence electrons. The Balaban J connectivity index is 1.68. The average molecular weight is 594 g/mol. The molecule has 0 aliphatic carbocycles. The largest absolute Gasteiger partial charge is 0.385 e. The van der Waals surface area contributed by atoms with Gasteiger partial charge in [0.05, 0.1) is 32.4 Å². The summed E-state index contributed by atoms with van der Waals surface area (Å²) in [5.74, 6) is 0. The molecule has 8 heteroatoms. The first-order chi connectivity index (χ1) is 19.8. The van der Waals surface area contributed by atoms with Crippen LogP contribution in [0.4, 0.5) is 0 Å². The molecule has 0 saturated carbocycles. The van der Waals surface area contributed by atoms with Gasteiger partial charge in [-0.15, -0.1) is 11.3 Å². The van der Waals surface area contributed by atoms with E-state index in [9.17, 15) is 18.8 Å². The molecule has 42 heavy (non-hydrogen) atoms. The summed E-state index contributed by atoms with van der Waals surface area (Å²) in [6.07, 6.45) is 6.65. The number of hydrogen-bond donors (Lipinski definition) is 1. The van der Waals surface area contributed by atoms with Crippen molar-refractivity contribution in [1.82, 2.24) is 9.97 Å². The van der Waals surface area contributed by atoms with Crippen LogP contribution < -0.4 is 0 Å². The number of benzene rings is 3. The molecule has 0 radical (unpaired) electrons. The molecule has 0 spiro atoms. The van der Waals surface area contributed by atoms with Gasteiger partial charge in [0, 0.05) is 35.2 Å². The van der Waals surface area contributed by atoms with Crippen LogP contribution in [0.5, 0.6) is 0 Å². The van der Waals surface area contributed by atoms with Crippen molar-refractivity contribution in [3.8, 4) is 17.2 Å². The molecular formula is C34H31N3O3S2. The first-order valence-electron chi connectivity index (χ1n) is 13.4. The van der Waals surface area contributed by atoms with E-state index in [1.54, 1.807) is 50.5 Å². The summed E-state index contributed by atoms with van der Waals surface area (Å²) in [6, 6.07) is 25.2. The zero-order valence-corrected chi connectivity index (χ0v) is 25.7. The molecule has 6 nitrogen and oxygen atoms in total. The van der Waals surface area contributed by atoms with Crippen LogP contribution in [0, 0.1) is 11.3 Å². The third-order valence-corrected chi connectivity index (χ3v) is 9.62. The highest BCUT2D eigenvalue weighted by atomic mass is 32.2. The van der Waals surface area contributed by atoms with Gasteiger partial charge in [0.2, 0.25) is 0 Å². The summed E-state index contributed by atoms with van der Waals surface area (Å²) in [6.45, 7) is 7.26. The molecule has 0 atom stereocenters. The lowest BCUT2D eigenvalue weighted by Crippen LogP contribution is -2.14. The standard InChI is InChI=1S/C34H31N3O3S2/c1-33(2,21-35)26-18-25-10-7-15-36-31(25)28(19-26)24-9-6-8-22(16-24)17-29(32-37-20-30(41-32)34(3,4)38)23-11-13-27(14-12-23)42(5,39)40/h6-20,38H,1-5H3/b29-17+. The zero-order valence-electron chi connectivity index (χ0n) is 24.1. The molecule has 2 aromatic heterocycles. The number of aromatic nitrogens is 2. The fourth-order valence-corrected chi connectivity index (χ4v) is 6.22. The Bertz CT molecular complexity index is 1980. The summed E-state index contributed by atoms with van der Waals surface area (Å²) in [7, 11) is -3.35. The predicted octanol–water partition coefficient (Wildman–Crippen LogP) is 7.38. The number of rotatable bonds is 7. The van der Waals surface area contributed by atoms with Gasteiger partial charge in [-0.1, -0.05) is 36.4 Å². The summed E-state index contributed by atoms with van der Waals surface area (Å²) < 4.78 is 24.2.